The second kappa shape index (κ2) is 9.92. The topological polar surface area (TPSA) is 114 Å². The van der Waals surface area contributed by atoms with Crippen LogP contribution in [0.1, 0.15) is 43.8 Å². The summed E-state index contributed by atoms with van der Waals surface area (Å²) in [6.45, 7) is -2.54. The van der Waals surface area contributed by atoms with Crippen LogP contribution in [-0.4, -0.2) is 42.2 Å². The molecule has 4 rings (SSSR count). The van der Waals surface area contributed by atoms with Gasteiger partial charge in [-0.2, -0.15) is 8.78 Å². The number of anilines is 1. The fraction of sp³-hybridized carbons (Fsp3) is 0.409. The van der Waals surface area contributed by atoms with E-state index in [0.717, 1.165) is 0 Å². The summed E-state index contributed by atoms with van der Waals surface area (Å²) < 4.78 is 61.6. The molecule has 8 nitrogen and oxygen atoms in total. The van der Waals surface area contributed by atoms with Crippen LogP contribution < -0.4 is 14.2 Å². The normalized spacial score (nSPS) is 15.0. The van der Waals surface area contributed by atoms with Gasteiger partial charge in [-0.3, -0.25) is 9.82 Å². The molecule has 1 fully saturated rings. The maximum Gasteiger partial charge on any atom is 0.388 e. The first-order chi connectivity index (χ1) is 15.8. The minimum absolute atomic E-state index is 0.162. The van der Waals surface area contributed by atoms with E-state index in [1.807, 2.05) is 0 Å². The number of hydrogen-bond donors (Lipinski definition) is 3. The Kier molecular flexibility index (Phi) is 6.99. The number of alkyl halides is 2. The number of sulfonamides is 1. The van der Waals surface area contributed by atoms with Crippen LogP contribution in [0, 0.1) is 0 Å². The zero-order chi connectivity index (χ0) is 23.4. The second-order valence-corrected chi connectivity index (χ2v) is 9.91. The van der Waals surface area contributed by atoms with Crippen LogP contribution in [0.2, 0.25) is 0 Å². The lowest BCUT2D eigenvalue weighted by Crippen LogP contribution is -2.17. The van der Waals surface area contributed by atoms with Crippen molar-refractivity contribution < 1.29 is 31.8 Å². The van der Waals surface area contributed by atoms with E-state index in [-0.39, 0.29) is 11.1 Å². The summed E-state index contributed by atoms with van der Waals surface area (Å²) >= 11 is 0. The molecular formula is C22H25F2N3O5S. The van der Waals surface area contributed by atoms with Crippen molar-refractivity contribution in [3.05, 3.63) is 48.0 Å². The maximum atomic E-state index is 12.4. The predicted molar refractivity (Wildman–Crippen MR) is 119 cm³/mol. The highest BCUT2D eigenvalue weighted by Crippen LogP contribution is 2.31. The molecular weight excluding hydrogens is 456 g/mol. The summed E-state index contributed by atoms with van der Waals surface area (Å²) in [5.41, 5.74) is 1.63. The van der Waals surface area contributed by atoms with Gasteiger partial charge >= 0.3 is 6.61 Å². The van der Waals surface area contributed by atoms with Gasteiger partial charge in [0.05, 0.1) is 28.9 Å². The van der Waals surface area contributed by atoms with Crippen LogP contribution in [0.3, 0.4) is 0 Å². The number of halogens is 2. The molecule has 1 saturated carbocycles. The Morgan fingerprint density at radius 3 is 2.76 bits per heavy atom. The van der Waals surface area contributed by atoms with Gasteiger partial charge in [0.15, 0.2) is 0 Å². The van der Waals surface area contributed by atoms with Gasteiger partial charge in [-0.25, -0.2) is 8.42 Å². The fourth-order valence-corrected chi connectivity index (χ4v) is 4.85. The lowest BCUT2D eigenvalue weighted by molar-refractivity contribution is -0.0518. The first-order valence-corrected chi connectivity index (χ1v) is 12.2. The highest BCUT2D eigenvalue weighted by molar-refractivity contribution is 7.93. The number of hydrogen-bond acceptors (Lipinski definition) is 6. The molecule has 1 heterocycles. The molecule has 0 spiro atoms. The molecule has 3 N–H and O–H groups in total. The second-order valence-electron chi connectivity index (χ2n) is 7.95. The number of fused-ring (bicyclic) bond motifs is 1. The minimum atomic E-state index is -3.35. The summed E-state index contributed by atoms with van der Waals surface area (Å²) in [5.74, 6) is 0.399. The van der Waals surface area contributed by atoms with Crippen molar-refractivity contribution in [1.82, 2.24) is 10.2 Å². The fourth-order valence-electron chi connectivity index (χ4n) is 3.47. The first-order valence-electron chi connectivity index (χ1n) is 10.7. The van der Waals surface area contributed by atoms with Gasteiger partial charge in [0.25, 0.3) is 0 Å². The number of rotatable bonds is 12. The number of H-pyrrole nitrogens is 1. The first kappa shape index (κ1) is 23.2. The molecule has 0 aliphatic heterocycles. The van der Waals surface area contributed by atoms with Gasteiger partial charge < -0.3 is 14.6 Å². The zero-order valence-corrected chi connectivity index (χ0v) is 18.5. The van der Waals surface area contributed by atoms with E-state index < -0.39 is 22.7 Å². The van der Waals surface area contributed by atoms with E-state index in [1.165, 1.54) is 0 Å². The minimum Gasteiger partial charge on any atom is -0.494 e. The summed E-state index contributed by atoms with van der Waals surface area (Å²) in [6, 6.07) is 11.7. The van der Waals surface area contributed by atoms with E-state index in [2.05, 4.69) is 19.7 Å². The van der Waals surface area contributed by atoms with Crippen molar-refractivity contribution in [3.63, 3.8) is 0 Å². The van der Waals surface area contributed by atoms with Gasteiger partial charge in [-0.1, -0.05) is 12.1 Å². The molecule has 0 amide bonds. The van der Waals surface area contributed by atoms with E-state index in [1.54, 1.807) is 42.5 Å². The number of unbranched alkanes of at least 4 members (excludes halogenated alkanes) is 1. The molecule has 11 heteroatoms. The third-order valence-corrected chi connectivity index (χ3v) is 7.20. The average molecular weight is 482 g/mol. The van der Waals surface area contributed by atoms with Crippen molar-refractivity contribution in [3.8, 4) is 11.6 Å². The lowest BCUT2D eigenvalue weighted by Gasteiger charge is -2.14. The molecule has 0 saturated heterocycles. The quantitative estimate of drug-likeness (QED) is 0.332. The predicted octanol–water partition coefficient (Wildman–Crippen LogP) is 4.35. The highest BCUT2D eigenvalue weighted by Gasteiger charge is 2.35. The molecule has 3 aromatic rings. The molecule has 2 aromatic carbocycles. The van der Waals surface area contributed by atoms with Gasteiger partial charge in [-0.05, 0) is 61.9 Å². The van der Waals surface area contributed by atoms with Crippen LogP contribution in [0.5, 0.6) is 11.6 Å². The van der Waals surface area contributed by atoms with Crippen molar-refractivity contribution in [2.75, 3.05) is 11.3 Å². The summed E-state index contributed by atoms with van der Waals surface area (Å²) in [5, 5.41) is 17.0. The van der Waals surface area contributed by atoms with Crippen LogP contribution in [0.4, 0.5) is 14.5 Å². The molecule has 1 aliphatic carbocycles. The van der Waals surface area contributed by atoms with Crippen molar-refractivity contribution in [1.29, 1.82) is 0 Å². The monoisotopic (exact) mass is 481 g/mol. The van der Waals surface area contributed by atoms with E-state index in [9.17, 15) is 22.3 Å². The zero-order valence-electron chi connectivity index (χ0n) is 17.7. The molecule has 1 atom stereocenters. The number of aromatic nitrogens is 2. The summed E-state index contributed by atoms with van der Waals surface area (Å²) in [6.07, 6.45) is 2.53. The van der Waals surface area contributed by atoms with Crippen LogP contribution in [0.25, 0.3) is 10.9 Å². The molecule has 33 heavy (non-hydrogen) atoms. The van der Waals surface area contributed by atoms with E-state index in [4.69, 9.17) is 4.74 Å². The standard InChI is InChI=1S/C22H25F2N3O5S/c23-22(24)32-21-18-10-7-16(13-19(18)25-26-21)31-11-2-1-6-20(28)14-4-3-5-15(12-14)27-33(29,30)17-8-9-17/h3-5,7,10,12-13,17,20,22,27-28H,1-2,6,8-9,11H2,(H,25,26)/t20-/m0/s1. The number of nitrogens with one attached hydrogen (secondary N) is 2. The molecule has 178 valence electrons. The van der Waals surface area contributed by atoms with E-state index >= 15 is 0 Å². The Morgan fingerprint density at radius 2 is 2.00 bits per heavy atom. The summed E-state index contributed by atoms with van der Waals surface area (Å²) in [4.78, 5) is 0. The smallest absolute Gasteiger partial charge is 0.388 e. The van der Waals surface area contributed by atoms with E-state index in [0.29, 0.717) is 66.6 Å². The Balaban J connectivity index is 1.22. The Bertz CT molecular complexity index is 1200. The molecule has 0 bridgehead atoms. The van der Waals surface area contributed by atoms with Crippen molar-refractivity contribution in [2.45, 2.75) is 50.1 Å². The highest BCUT2D eigenvalue weighted by atomic mass is 32.2. The third kappa shape index (κ3) is 6.11. The SMILES string of the molecule is O=S(=O)(Nc1cccc([C@@H](O)CCCCOc2ccc3c(OC(F)F)n[nH]c3c2)c1)C1CC1. The maximum absolute atomic E-state index is 12.4. The average Bonchev–Trinajstić information content (AvgIpc) is 3.57. The number of ether oxygens (including phenoxy) is 2. The molecule has 1 aliphatic rings. The lowest BCUT2D eigenvalue weighted by atomic mass is 10.0. The number of aliphatic hydroxyl groups is 1. The van der Waals surface area contributed by atoms with Gasteiger partial charge in [0, 0.05) is 11.8 Å². The molecule has 1 aromatic heterocycles. The van der Waals surface area contributed by atoms with Crippen molar-refractivity contribution in [2.24, 2.45) is 0 Å². The Hall–Kier alpha value is -2.92. The molecule has 0 unspecified atom stereocenters. The van der Waals surface area contributed by atoms with Crippen LogP contribution in [0.15, 0.2) is 42.5 Å². The number of nitrogens with zero attached hydrogens (tertiary/aromatic N) is 1. The Labute approximate surface area is 190 Å². The molecule has 0 radical (unpaired) electrons. The largest absolute Gasteiger partial charge is 0.494 e. The Morgan fingerprint density at radius 1 is 1.18 bits per heavy atom. The third-order valence-electron chi connectivity index (χ3n) is 5.34. The van der Waals surface area contributed by atoms with Gasteiger partial charge in [0.2, 0.25) is 15.9 Å². The van der Waals surface area contributed by atoms with Crippen LogP contribution in [-0.2, 0) is 10.0 Å². The van der Waals surface area contributed by atoms with Crippen molar-refractivity contribution >= 4 is 26.6 Å². The van der Waals surface area contributed by atoms with Gasteiger partial charge in [0.1, 0.15) is 5.75 Å². The summed E-state index contributed by atoms with van der Waals surface area (Å²) in [7, 11) is -3.35. The van der Waals surface area contributed by atoms with Crippen LogP contribution >= 0.6 is 0 Å². The number of aliphatic hydroxyl groups excluding tert-OH is 1. The number of benzene rings is 2. The van der Waals surface area contributed by atoms with Gasteiger partial charge in [-0.15, -0.1) is 5.10 Å². The number of aromatic amines is 1.